The van der Waals surface area contributed by atoms with Crippen molar-refractivity contribution in [2.75, 3.05) is 13.2 Å². The lowest BCUT2D eigenvalue weighted by Gasteiger charge is -2.16. The topological polar surface area (TPSA) is 59.3 Å². The number of para-hydroxylation sites is 1. The molecule has 0 aliphatic heterocycles. The highest BCUT2D eigenvalue weighted by atomic mass is 16.5. The Labute approximate surface area is 125 Å². The lowest BCUT2D eigenvalue weighted by molar-refractivity contribution is 0.200. The van der Waals surface area contributed by atoms with Crippen LogP contribution in [-0.2, 0) is 13.6 Å². The minimum atomic E-state index is 0.0209. The van der Waals surface area contributed by atoms with E-state index in [0.717, 1.165) is 11.3 Å². The molecule has 0 saturated carbocycles. The Kier molecular flexibility index (Phi) is 5.36. The maximum atomic E-state index is 8.87. The van der Waals surface area contributed by atoms with Gasteiger partial charge in [0.2, 0.25) is 0 Å². The van der Waals surface area contributed by atoms with Crippen molar-refractivity contribution in [3.05, 3.63) is 47.3 Å². The standard InChI is InChI=1S/C16H23N3O2/c1-12(15-11-18-19(3)13(15)2)17-10-14-6-4-5-7-16(14)21-9-8-20/h4-7,11-12,17,20H,8-10H2,1-3H3. The zero-order valence-electron chi connectivity index (χ0n) is 12.8. The molecule has 0 bridgehead atoms. The van der Waals surface area contributed by atoms with Crippen LogP contribution in [0, 0.1) is 6.92 Å². The summed E-state index contributed by atoms with van der Waals surface area (Å²) in [4.78, 5) is 0. The minimum Gasteiger partial charge on any atom is -0.491 e. The minimum absolute atomic E-state index is 0.0209. The molecular formula is C16H23N3O2. The summed E-state index contributed by atoms with van der Waals surface area (Å²) in [7, 11) is 1.95. The first-order valence-corrected chi connectivity index (χ1v) is 7.17. The summed E-state index contributed by atoms with van der Waals surface area (Å²) in [6.45, 7) is 5.23. The molecule has 114 valence electrons. The van der Waals surface area contributed by atoms with E-state index >= 15 is 0 Å². The molecule has 0 saturated heterocycles. The van der Waals surface area contributed by atoms with E-state index in [1.54, 1.807) is 0 Å². The molecule has 0 amide bonds. The maximum Gasteiger partial charge on any atom is 0.123 e. The zero-order valence-corrected chi connectivity index (χ0v) is 12.8. The van der Waals surface area contributed by atoms with Gasteiger partial charge < -0.3 is 15.2 Å². The molecule has 5 heteroatoms. The summed E-state index contributed by atoms with van der Waals surface area (Å²) in [6.07, 6.45) is 1.90. The largest absolute Gasteiger partial charge is 0.491 e. The average Bonchev–Trinajstić information content (AvgIpc) is 2.83. The van der Waals surface area contributed by atoms with Crippen LogP contribution < -0.4 is 10.1 Å². The summed E-state index contributed by atoms with van der Waals surface area (Å²) >= 11 is 0. The highest BCUT2D eigenvalue weighted by Gasteiger charge is 2.12. The molecule has 21 heavy (non-hydrogen) atoms. The van der Waals surface area contributed by atoms with Crippen LogP contribution in [-0.4, -0.2) is 28.1 Å². The number of nitrogens with zero attached hydrogens (tertiary/aromatic N) is 2. The molecule has 0 aliphatic rings. The fourth-order valence-electron chi connectivity index (χ4n) is 2.26. The van der Waals surface area contributed by atoms with Crippen LogP contribution in [0.4, 0.5) is 0 Å². The van der Waals surface area contributed by atoms with Crippen LogP contribution in [0.15, 0.2) is 30.5 Å². The molecular weight excluding hydrogens is 266 g/mol. The molecule has 2 rings (SSSR count). The van der Waals surface area contributed by atoms with Gasteiger partial charge in [-0.25, -0.2) is 0 Å². The predicted molar refractivity (Wildman–Crippen MR) is 82.2 cm³/mol. The van der Waals surface area contributed by atoms with Crippen molar-refractivity contribution < 1.29 is 9.84 Å². The zero-order chi connectivity index (χ0) is 15.2. The summed E-state index contributed by atoms with van der Waals surface area (Å²) in [5, 5.41) is 16.6. The van der Waals surface area contributed by atoms with Gasteiger partial charge in [-0.05, 0) is 19.9 Å². The Morgan fingerprint density at radius 3 is 2.81 bits per heavy atom. The second-order valence-corrected chi connectivity index (χ2v) is 5.09. The molecule has 5 nitrogen and oxygen atoms in total. The Bertz CT molecular complexity index is 581. The van der Waals surface area contributed by atoms with Crippen molar-refractivity contribution in [3.63, 3.8) is 0 Å². The summed E-state index contributed by atoms with van der Waals surface area (Å²) in [5.74, 6) is 0.814. The van der Waals surface area contributed by atoms with E-state index in [1.165, 1.54) is 11.3 Å². The van der Waals surface area contributed by atoms with Crippen molar-refractivity contribution in [1.82, 2.24) is 15.1 Å². The van der Waals surface area contributed by atoms with Gasteiger partial charge in [0.1, 0.15) is 12.4 Å². The van der Waals surface area contributed by atoms with Gasteiger partial charge in [0.15, 0.2) is 0 Å². The number of aliphatic hydroxyl groups is 1. The molecule has 0 spiro atoms. The van der Waals surface area contributed by atoms with Crippen LogP contribution in [0.3, 0.4) is 0 Å². The van der Waals surface area contributed by atoms with Gasteiger partial charge in [0.25, 0.3) is 0 Å². The van der Waals surface area contributed by atoms with Crippen LogP contribution in [0.1, 0.15) is 29.8 Å². The number of aryl methyl sites for hydroxylation is 1. The van der Waals surface area contributed by atoms with E-state index in [1.807, 2.05) is 42.2 Å². The van der Waals surface area contributed by atoms with Crippen molar-refractivity contribution >= 4 is 0 Å². The lowest BCUT2D eigenvalue weighted by atomic mass is 10.1. The SMILES string of the molecule is Cc1c(C(C)NCc2ccccc2OCCO)cnn1C. The van der Waals surface area contributed by atoms with Crippen LogP contribution in [0.5, 0.6) is 5.75 Å². The van der Waals surface area contributed by atoms with Crippen molar-refractivity contribution in [2.24, 2.45) is 7.05 Å². The number of aromatic nitrogens is 2. The first-order chi connectivity index (χ1) is 10.1. The second-order valence-electron chi connectivity index (χ2n) is 5.09. The molecule has 1 aromatic heterocycles. The quantitative estimate of drug-likeness (QED) is 0.818. The first kappa shape index (κ1) is 15.5. The molecule has 1 aromatic carbocycles. The molecule has 2 N–H and O–H groups in total. The fourth-order valence-corrected chi connectivity index (χ4v) is 2.26. The van der Waals surface area contributed by atoms with Crippen LogP contribution in [0.2, 0.25) is 0 Å². The number of nitrogens with one attached hydrogen (secondary N) is 1. The Morgan fingerprint density at radius 1 is 1.38 bits per heavy atom. The number of benzene rings is 1. The number of aliphatic hydroxyl groups excluding tert-OH is 1. The van der Waals surface area contributed by atoms with Crippen LogP contribution in [0.25, 0.3) is 0 Å². The van der Waals surface area contributed by atoms with Crippen molar-refractivity contribution in [1.29, 1.82) is 0 Å². The third-order valence-corrected chi connectivity index (χ3v) is 3.66. The number of hydrogen-bond acceptors (Lipinski definition) is 4. The van der Waals surface area contributed by atoms with Crippen molar-refractivity contribution in [2.45, 2.75) is 26.4 Å². The van der Waals surface area contributed by atoms with E-state index in [2.05, 4.69) is 24.3 Å². The summed E-state index contributed by atoms with van der Waals surface area (Å²) in [5.41, 5.74) is 3.45. The molecule has 2 aromatic rings. The maximum absolute atomic E-state index is 8.87. The Morgan fingerprint density at radius 2 is 2.14 bits per heavy atom. The molecule has 1 unspecified atom stereocenters. The predicted octanol–water partition coefficient (Wildman–Crippen LogP) is 1.95. The summed E-state index contributed by atoms with van der Waals surface area (Å²) in [6, 6.07) is 8.09. The van der Waals surface area contributed by atoms with Gasteiger partial charge in [-0.15, -0.1) is 0 Å². The molecule has 0 aliphatic carbocycles. The second kappa shape index (κ2) is 7.24. The monoisotopic (exact) mass is 289 g/mol. The normalized spacial score (nSPS) is 12.4. The highest BCUT2D eigenvalue weighted by Crippen LogP contribution is 2.20. The van der Waals surface area contributed by atoms with Crippen molar-refractivity contribution in [3.8, 4) is 5.75 Å². The van der Waals surface area contributed by atoms with E-state index in [9.17, 15) is 0 Å². The Balaban J connectivity index is 2.01. The molecule has 0 fully saturated rings. The Hall–Kier alpha value is -1.85. The third-order valence-electron chi connectivity index (χ3n) is 3.66. The smallest absolute Gasteiger partial charge is 0.123 e. The molecule has 0 radical (unpaired) electrons. The first-order valence-electron chi connectivity index (χ1n) is 7.17. The number of rotatable bonds is 7. The van der Waals surface area contributed by atoms with Gasteiger partial charge >= 0.3 is 0 Å². The van der Waals surface area contributed by atoms with Crippen LogP contribution >= 0.6 is 0 Å². The summed E-state index contributed by atoms with van der Waals surface area (Å²) < 4.78 is 7.43. The van der Waals surface area contributed by atoms with Gasteiger partial charge in [0, 0.05) is 36.5 Å². The van der Waals surface area contributed by atoms with E-state index in [4.69, 9.17) is 9.84 Å². The average molecular weight is 289 g/mol. The van der Waals surface area contributed by atoms with E-state index < -0.39 is 0 Å². The van der Waals surface area contributed by atoms with E-state index in [-0.39, 0.29) is 12.6 Å². The fraction of sp³-hybridized carbons (Fsp3) is 0.438. The van der Waals surface area contributed by atoms with Gasteiger partial charge in [-0.3, -0.25) is 4.68 Å². The molecule has 1 heterocycles. The van der Waals surface area contributed by atoms with E-state index in [0.29, 0.717) is 13.2 Å². The number of ether oxygens (including phenoxy) is 1. The highest BCUT2D eigenvalue weighted by molar-refractivity contribution is 5.33. The number of hydrogen-bond donors (Lipinski definition) is 2. The molecule has 1 atom stereocenters. The van der Waals surface area contributed by atoms with Gasteiger partial charge in [-0.1, -0.05) is 18.2 Å². The lowest BCUT2D eigenvalue weighted by Crippen LogP contribution is -2.19. The van der Waals surface area contributed by atoms with Gasteiger partial charge in [-0.2, -0.15) is 5.10 Å². The third kappa shape index (κ3) is 3.83. The van der Waals surface area contributed by atoms with Gasteiger partial charge in [0.05, 0.1) is 12.8 Å².